The molecule has 1 aliphatic rings. The molecule has 0 N–H and O–H groups in total. The summed E-state index contributed by atoms with van der Waals surface area (Å²) in [6.07, 6.45) is 0. The number of aromatic nitrogens is 3. The van der Waals surface area contributed by atoms with Gasteiger partial charge in [0, 0.05) is 42.4 Å². The molecule has 5 heteroatoms. The van der Waals surface area contributed by atoms with Gasteiger partial charge in [-0.2, -0.15) is 0 Å². The van der Waals surface area contributed by atoms with Gasteiger partial charge in [-0.3, -0.25) is 0 Å². The maximum atomic E-state index is 6.18. The average Bonchev–Trinajstić information content (AvgIpc) is 3.60. The third-order valence-corrected chi connectivity index (χ3v) is 10.9. The second-order valence-corrected chi connectivity index (χ2v) is 13.8. The molecule has 240 valence electrons. The van der Waals surface area contributed by atoms with Crippen LogP contribution in [0.15, 0.2) is 164 Å². The van der Waals surface area contributed by atoms with Crippen LogP contribution < -0.4 is 4.74 Å². The van der Waals surface area contributed by atoms with Gasteiger partial charge in [0.15, 0.2) is 17.5 Å². The maximum absolute atomic E-state index is 6.18. The van der Waals surface area contributed by atoms with Gasteiger partial charge in [-0.25, -0.2) is 15.0 Å². The van der Waals surface area contributed by atoms with E-state index in [0.717, 1.165) is 50.3 Å². The predicted molar refractivity (Wildman–Crippen MR) is 210 cm³/mol. The average molecular weight is 672 g/mol. The van der Waals surface area contributed by atoms with Gasteiger partial charge in [0.05, 0.1) is 0 Å². The molecule has 0 fully saturated rings. The Labute approximate surface area is 299 Å². The van der Waals surface area contributed by atoms with Crippen LogP contribution in [0.25, 0.3) is 87.7 Å². The smallest absolute Gasteiger partial charge is 0.165 e. The van der Waals surface area contributed by atoms with E-state index in [2.05, 4.69) is 158 Å². The minimum absolute atomic E-state index is 0.582. The fourth-order valence-electron chi connectivity index (χ4n) is 7.23. The van der Waals surface area contributed by atoms with E-state index in [-0.39, 0.29) is 0 Å². The molecule has 3 heterocycles. The van der Waals surface area contributed by atoms with E-state index in [1.165, 1.54) is 31.3 Å². The third kappa shape index (κ3) is 5.09. The first-order valence-electron chi connectivity index (χ1n) is 17.0. The summed E-state index contributed by atoms with van der Waals surface area (Å²) >= 11 is 1.78. The van der Waals surface area contributed by atoms with Crippen molar-refractivity contribution in [3.05, 3.63) is 169 Å². The van der Waals surface area contributed by atoms with Crippen LogP contribution in [-0.2, 0) is 6.61 Å². The highest BCUT2D eigenvalue weighted by Crippen LogP contribution is 2.44. The summed E-state index contributed by atoms with van der Waals surface area (Å²) in [5.41, 5.74) is 10.9. The van der Waals surface area contributed by atoms with Crippen LogP contribution in [0.4, 0.5) is 0 Å². The van der Waals surface area contributed by atoms with Crippen molar-refractivity contribution in [3.8, 4) is 73.3 Å². The first-order valence-corrected chi connectivity index (χ1v) is 17.9. The SMILES string of the molecule is c1ccc(-c2ccccc2-c2nc(-c3ccc(-c4cccc5c4-c4ccccc4CO5)cc3)nc(-c3cccc4c3sc3ccccc34)n2)cc1. The summed E-state index contributed by atoms with van der Waals surface area (Å²) in [5.74, 6) is 2.84. The van der Waals surface area contributed by atoms with Crippen LogP contribution in [0.5, 0.6) is 5.75 Å². The molecule has 0 saturated heterocycles. The number of hydrogen-bond acceptors (Lipinski definition) is 5. The Kier molecular flexibility index (Phi) is 7.03. The Hall–Kier alpha value is -6.43. The van der Waals surface area contributed by atoms with Gasteiger partial charge in [-0.15, -0.1) is 11.3 Å². The Morgan fingerprint density at radius 3 is 1.86 bits per heavy atom. The number of thiophene rings is 1. The Morgan fingerprint density at radius 1 is 0.412 bits per heavy atom. The van der Waals surface area contributed by atoms with Crippen LogP contribution >= 0.6 is 11.3 Å². The number of ether oxygens (including phenoxy) is 1. The highest BCUT2D eigenvalue weighted by atomic mass is 32.1. The van der Waals surface area contributed by atoms with Gasteiger partial charge in [-0.05, 0) is 51.6 Å². The second-order valence-electron chi connectivity index (χ2n) is 12.7. The van der Waals surface area contributed by atoms with Crippen molar-refractivity contribution < 1.29 is 4.74 Å². The molecule has 2 aromatic heterocycles. The Balaban J connectivity index is 1.14. The van der Waals surface area contributed by atoms with E-state index < -0.39 is 0 Å². The van der Waals surface area contributed by atoms with Crippen molar-refractivity contribution in [1.82, 2.24) is 15.0 Å². The van der Waals surface area contributed by atoms with E-state index in [4.69, 9.17) is 19.7 Å². The minimum Gasteiger partial charge on any atom is -0.488 e. The minimum atomic E-state index is 0.582. The first-order chi connectivity index (χ1) is 25.3. The Bertz CT molecular complexity index is 2750. The predicted octanol–water partition coefficient (Wildman–Crippen LogP) is 12.1. The van der Waals surface area contributed by atoms with Crippen molar-refractivity contribution in [3.63, 3.8) is 0 Å². The van der Waals surface area contributed by atoms with Gasteiger partial charge < -0.3 is 4.74 Å². The van der Waals surface area contributed by atoms with Crippen molar-refractivity contribution >= 4 is 31.5 Å². The molecule has 9 aromatic rings. The fraction of sp³-hybridized carbons (Fsp3) is 0.0217. The molecule has 0 amide bonds. The number of nitrogens with zero attached hydrogens (tertiary/aromatic N) is 3. The zero-order valence-corrected chi connectivity index (χ0v) is 28.3. The highest BCUT2D eigenvalue weighted by molar-refractivity contribution is 7.26. The molecule has 51 heavy (non-hydrogen) atoms. The zero-order valence-electron chi connectivity index (χ0n) is 27.5. The summed E-state index contributed by atoms with van der Waals surface area (Å²) in [7, 11) is 0. The molecule has 4 nitrogen and oxygen atoms in total. The molecular formula is C46H29N3OS. The van der Waals surface area contributed by atoms with Crippen LogP contribution in [0.1, 0.15) is 5.56 Å². The van der Waals surface area contributed by atoms with Crippen molar-refractivity contribution in [2.45, 2.75) is 6.61 Å². The number of rotatable bonds is 5. The van der Waals surface area contributed by atoms with Crippen molar-refractivity contribution in [1.29, 1.82) is 0 Å². The number of benzene rings is 7. The van der Waals surface area contributed by atoms with Gasteiger partial charge in [0.1, 0.15) is 12.4 Å². The zero-order chi connectivity index (χ0) is 33.7. The molecule has 0 unspecified atom stereocenters. The molecule has 0 saturated carbocycles. The van der Waals surface area contributed by atoms with E-state index in [1.54, 1.807) is 11.3 Å². The second kappa shape index (κ2) is 12.2. The normalized spacial score (nSPS) is 12.0. The molecule has 0 spiro atoms. The topological polar surface area (TPSA) is 47.9 Å². The number of hydrogen-bond donors (Lipinski definition) is 0. The first kappa shape index (κ1) is 29.5. The van der Waals surface area contributed by atoms with Crippen LogP contribution in [-0.4, -0.2) is 15.0 Å². The lowest BCUT2D eigenvalue weighted by Crippen LogP contribution is -2.06. The standard InChI is InChI=1S/C46H29N3OS/c1-2-12-29(13-3-1)33-15-6-7-18-38(33)45-47-44(48-46(49-45)39-21-10-20-37-36-17-8-9-23-41(36)51-43(37)39)31-26-24-30(25-27-31)34-19-11-22-40-42(34)35-16-5-4-14-32(35)28-50-40/h1-27H,28H2. The molecule has 7 aromatic carbocycles. The summed E-state index contributed by atoms with van der Waals surface area (Å²) in [4.78, 5) is 15.6. The van der Waals surface area contributed by atoms with Gasteiger partial charge in [0.2, 0.25) is 0 Å². The number of fused-ring (bicyclic) bond motifs is 6. The molecular weight excluding hydrogens is 643 g/mol. The molecule has 0 bridgehead atoms. The molecule has 1 aliphatic heterocycles. The monoisotopic (exact) mass is 671 g/mol. The van der Waals surface area contributed by atoms with E-state index in [9.17, 15) is 0 Å². The van der Waals surface area contributed by atoms with Crippen molar-refractivity contribution in [2.24, 2.45) is 0 Å². The van der Waals surface area contributed by atoms with Gasteiger partial charge in [-0.1, -0.05) is 146 Å². The van der Waals surface area contributed by atoms with Crippen LogP contribution in [0, 0.1) is 0 Å². The maximum Gasteiger partial charge on any atom is 0.165 e. The third-order valence-electron chi connectivity index (χ3n) is 9.68. The van der Waals surface area contributed by atoms with E-state index >= 15 is 0 Å². The summed E-state index contributed by atoms with van der Waals surface area (Å²) in [6.45, 7) is 0.582. The lowest BCUT2D eigenvalue weighted by atomic mass is 9.89. The van der Waals surface area contributed by atoms with Crippen LogP contribution in [0.2, 0.25) is 0 Å². The summed E-state index contributed by atoms with van der Waals surface area (Å²) in [5, 5.41) is 2.46. The highest BCUT2D eigenvalue weighted by Gasteiger charge is 2.22. The molecule has 10 rings (SSSR count). The van der Waals surface area contributed by atoms with E-state index in [1.807, 2.05) is 6.07 Å². The molecule has 0 atom stereocenters. The van der Waals surface area contributed by atoms with Gasteiger partial charge >= 0.3 is 0 Å². The summed E-state index contributed by atoms with van der Waals surface area (Å²) < 4.78 is 8.60. The Morgan fingerprint density at radius 2 is 1.00 bits per heavy atom. The lowest BCUT2D eigenvalue weighted by molar-refractivity contribution is 0.302. The quantitative estimate of drug-likeness (QED) is 0.183. The van der Waals surface area contributed by atoms with E-state index in [0.29, 0.717) is 24.1 Å². The van der Waals surface area contributed by atoms with Gasteiger partial charge in [0.25, 0.3) is 0 Å². The molecule has 0 radical (unpaired) electrons. The molecule has 0 aliphatic carbocycles. The largest absolute Gasteiger partial charge is 0.488 e. The van der Waals surface area contributed by atoms with Crippen molar-refractivity contribution in [2.75, 3.05) is 0 Å². The fourth-order valence-corrected chi connectivity index (χ4v) is 8.44. The summed E-state index contributed by atoms with van der Waals surface area (Å²) in [6, 6.07) is 57.1. The lowest BCUT2D eigenvalue weighted by Gasteiger charge is -2.23. The van der Waals surface area contributed by atoms with Crippen LogP contribution in [0.3, 0.4) is 0 Å².